The van der Waals surface area contributed by atoms with Crippen molar-refractivity contribution in [2.45, 2.75) is 6.42 Å². The molecule has 0 spiro atoms. The van der Waals surface area contributed by atoms with Crippen LogP contribution in [0.25, 0.3) is 11.0 Å². The lowest BCUT2D eigenvalue weighted by Crippen LogP contribution is -2.14. The van der Waals surface area contributed by atoms with Crippen molar-refractivity contribution >= 4 is 22.6 Å². The first-order valence-corrected chi connectivity index (χ1v) is 7.10. The Labute approximate surface area is 132 Å². The van der Waals surface area contributed by atoms with Gasteiger partial charge in [-0.1, -0.05) is 12.1 Å². The third kappa shape index (κ3) is 3.40. The van der Waals surface area contributed by atoms with Crippen LogP contribution in [0.2, 0.25) is 0 Å². The largest absolute Gasteiger partial charge is 0.497 e. The Morgan fingerprint density at radius 2 is 1.91 bits per heavy atom. The van der Waals surface area contributed by atoms with Crippen LogP contribution >= 0.6 is 0 Å². The molecule has 0 aliphatic heterocycles. The van der Waals surface area contributed by atoms with Gasteiger partial charge in [-0.2, -0.15) is 0 Å². The number of hydrogen-bond donors (Lipinski definition) is 1. The van der Waals surface area contributed by atoms with E-state index >= 15 is 0 Å². The molecule has 0 saturated heterocycles. The zero-order chi connectivity index (χ0) is 16.2. The van der Waals surface area contributed by atoms with Crippen molar-refractivity contribution < 1.29 is 13.9 Å². The molecule has 1 aromatic heterocycles. The molecule has 0 bridgehead atoms. The lowest BCUT2D eigenvalue weighted by Gasteiger charge is -2.07. The normalized spacial score (nSPS) is 10.5. The number of anilines is 1. The maximum atomic E-state index is 12.1. The minimum absolute atomic E-state index is 0.141. The average molecular weight is 309 g/mol. The van der Waals surface area contributed by atoms with E-state index in [1.54, 1.807) is 25.3 Å². The van der Waals surface area contributed by atoms with Crippen LogP contribution in [0.1, 0.15) is 5.56 Å². The fraction of sp³-hybridized carbons (Fsp3) is 0.111. The van der Waals surface area contributed by atoms with Crippen molar-refractivity contribution in [3.8, 4) is 5.75 Å². The summed E-state index contributed by atoms with van der Waals surface area (Å²) in [5, 5.41) is 3.23. The molecule has 0 saturated carbocycles. The second-order valence-corrected chi connectivity index (χ2v) is 5.07. The highest BCUT2D eigenvalue weighted by Crippen LogP contribution is 2.17. The zero-order valence-corrected chi connectivity index (χ0v) is 12.5. The topological polar surface area (TPSA) is 68.5 Å². The van der Waals surface area contributed by atoms with Crippen LogP contribution in [-0.4, -0.2) is 13.0 Å². The zero-order valence-electron chi connectivity index (χ0n) is 12.5. The molecule has 5 nitrogen and oxygen atoms in total. The Morgan fingerprint density at radius 3 is 2.65 bits per heavy atom. The summed E-state index contributed by atoms with van der Waals surface area (Å²) < 4.78 is 10.3. The van der Waals surface area contributed by atoms with Crippen molar-refractivity contribution in [3.63, 3.8) is 0 Å². The number of carbonyl (C=O) groups is 1. The van der Waals surface area contributed by atoms with Gasteiger partial charge in [-0.05, 0) is 35.9 Å². The summed E-state index contributed by atoms with van der Waals surface area (Å²) in [7, 11) is 1.60. The number of amides is 1. The lowest BCUT2D eigenvalue weighted by atomic mass is 10.1. The Balaban J connectivity index is 1.74. The van der Waals surface area contributed by atoms with Gasteiger partial charge >= 0.3 is 0 Å². The molecule has 0 fully saturated rings. The number of ether oxygens (including phenoxy) is 1. The van der Waals surface area contributed by atoms with E-state index in [1.165, 1.54) is 12.3 Å². The molecule has 116 valence electrons. The molecule has 1 N–H and O–H groups in total. The van der Waals surface area contributed by atoms with Crippen molar-refractivity contribution in [2.24, 2.45) is 0 Å². The lowest BCUT2D eigenvalue weighted by molar-refractivity contribution is -0.115. The first kappa shape index (κ1) is 14.8. The second-order valence-electron chi connectivity index (χ2n) is 5.07. The van der Waals surface area contributed by atoms with Crippen molar-refractivity contribution in [3.05, 3.63) is 70.6 Å². The van der Waals surface area contributed by atoms with Crippen LogP contribution in [0.5, 0.6) is 5.75 Å². The summed E-state index contributed by atoms with van der Waals surface area (Å²) in [5.41, 5.74) is 1.79. The number of carbonyl (C=O) groups excluding carboxylic acids is 1. The van der Waals surface area contributed by atoms with Gasteiger partial charge in [-0.25, -0.2) is 0 Å². The first-order valence-electron chi connectivity index (χ1n) is 7.10. The number of benzene rings is 2. The fourth-order valence-electron chi connectivity index (χ4n) is 2.30. The van der Waals surface area contributed by atoms with Gasteiger partial charge in [0, 0.05) is 11.8 Å². The third-order valence-electron chi connectivity index (χ3n) is 3.47. The van der Waals surface area contributed by atoms with Gasteiger partial charge in [0.25, 0.3) is 0 Å². The number of hydrogen-bond acceptors (Lipinski definition) is 4. The van der Waals surface area contributed by atoms with Gasteiger partial charge in [-0.15, -0.1) is 0 Å². The number of rotatable bonds is 4. The van der Waals surface area contributed by atoms with Crippen molar-refractivity contribution in [2.75, 3.05) is 12.4 Å². The average Bonchev–Trinajstić information content (AvgIpc) is 2.56. The minimum Gasteiger partial charge on any atom is -0.497 e. The Kier molecular flexibility index (Phi) is 4.10. The number of nitrogens with one attached hydrogen (secondary N) is 1. The smallest absolute Gasteiger partial charge is 0.228 e. The minimum atomic E-state index is -0.158. The number of fused-ring (bicyclic) bond motifs is 1. The Morgan fingerprint density at radius 1 is 1.13 bits per heavy atom. The predicted octanol–water partition coefficient (Wildman–Crippen LogP) is 2.98. The standard InChI is InChI=1S/C18H15NO4/c1-22-14-5-2-12(3-6-14)10-18(21)19-13-4-7-17-15(11-13)16(20)8-9-23-17/h2-9,11H,10H2,1H3,(H,19,21). The van der Waals surface area contributed by atoms with Gasteiger partial charge < -0.3 is 14.5 Å². The molecule has 0 aliphatic rings. The molecular weight excluding hydrogens is 294 g/mol. The van der Waals surface area contributed by atoms with E-state index in [2.05, 4.69) is 5.32 Å². The van der Waals surface area contributed by atoms with Crippen LogP contribution in [0.15, 0.2) is 64.0 Å². The molecule has 1 heterocycles. The molecule has 0 radical (unpaired) electrons. The summed E-state index contributed by atoms with van der Waals surface area (Å²) in [4.78, 5) is 23.9. The van der Waals surface area contributed by atoms with Crippen LogP contribution in [-0.2, 0) is 11.2 Å². The van der Waals surface area contributed by atoms with E-state index < -0.39 is 0 Å². The molecule has 23 heavy (non-hydrogen) atoms. The maximum Gasteiger partial charge on any atom is 0.228 e. The quantitative estimate of drug-likeness (QED) is 0.804. The van der Waals surface area contributed by atoms with Crippen molar-refractivity contribution in [1.29, 1.82) is 0 Å². The first-order chi connectivity index (χ1) is 11.2. The van der Waals surface area contributed by atoms with Crippen LogP contribution < -0.4 is 15.5 Å². The maximum absolute atomic E-state index is 12.1. The highest BCUT2D eigenvalue weighted by Gasteiger charge is 2.07. The van der Waals surface area contributed by atoms with E-state index in [1.807, 2.05) is 24.3 Å². The van der Waals surface area contributed by atoms with Gasteiger partial charge in [0.15, 0.2) is 5.43 Å². The molecule has 5 heteroatoms. The summed E-state index contributed by atoms with van der Waals surface area (Å²) in [6.45, 7) is 0. The molecule has 0 aliphatic carbocycles. The predicted molar refractivity (Wildman–Crippen MR) is 87.8 cm³/mol. The molecule has 3 rings (SSSR count). The van der Waals surface area contributed by atoms with Crippen LogP contribution in [0.4, 0.5) is 5.69 Å². The van der Waals surface area contributed by atoms with E-state index in [4.69, 9.17) is 9.15 Å². The molecule has 3 aromatic rings. The summed E-state index contributed by atoms with van der Waals surface area (Å²) in [5.74, 6) is 0.588. The highest BCUT2D eigenvalue weighted by molar-refractivity contribution is 5.94. The van der Waals surface area contributed by atoms with Gasteiger partial charge in [-0.3, -0.25) is 9.59 Å². The molecule has 0 unspecified atom stereocenters. The SMILES string of the molecule is COc1ccc(CC(=O)Nc2ccc3occc(=O)c3c2)cc1. The van der Waals surface area contributed by atoms with Crippen LogP contribution in [0.3, 0.4) is 0 Å². The van der Waals surface area contributed by atoms with E-state index in [9.17, 15) is 9.59 Å². The third-order valence-corrected chi connectivity index (χ3v) is 3.47. The van der Waals surface area contributed by atoms with Gasteiger partial charge in [0.2, 0.25) is 5.91 Å². The molecule has 2 aromatic carbocycles. The summed E-state index contributed by atoms with van der Waals surface area (Å²) in [6, 6.07) is 13.6. The summed E-state index contributed by atoms with van der Waals surface area (Å²) in [6.07, 6.45) is 1.60. The molecular formula is C18H15NO4. The van der Waals surface area contributed by atoms with E-state index in [0.29, 0.717) is 16.7 Å². The summed E-state index contributed by atoms with van der Waals surface area (Å²) >= 11 is 0. The Hall–Kier alpha value is -3.08. The highest BCUT2D eigenvalue weighted by atomic mass is 16.5. The molecule has 1 amide bonds. The Bertz CT molecular complexity index is 897. The van der Waals surface area contributed by atoms with Gasteiger partial charge in [0.05, 0.1) is 25.2 Å². The second kappa shape index (κ2) is 6.36. The fourth-order valence-corrected chi connectivity index (χ4v) is 2.30. The monoisotopic (exact) mass is 309 g/mol. The van der Waals surface area contributed by atoms with E-state index in [0.717, 1.165) is 11.3 Å². The van der Waals surface area contributed by atoms with E-state index in [-0.39, 0.29) is 17.8 Å². The van der Waals surface area contributed by atoms with Crippen molar-refractivity contribution in [1.82, 2.24) is 0 Å². The number of methoxy groups -OCH3 is 1. The van der Waals surface area contributed by atoms with Gasteiger partial charge in [0.1, 0.15) is 11.3 Å². The van der Waals surface area contributed by atoms with Crippen LogP contribution in [0, 0.1) is 0 Å². The molecule has 0 atom stereocenters.